The standard InChI is InChI=1S/C15H19N5O2S/c1-15(2,3)12-9-13-16-14(18-20(13)17-12)10-5-7-11(8-6-10)19-23(4,21)22/h5-9,19H,1-4H3,(H,16,18). The van der Waals surface area contributed by atoms with Gasteiger partial charge in [0.15, 0.2) is 11.5 Å². The maximum Gasteiger partial charge on any atom is 0.229 e. The summed E-state index contributed by atoms with van der Waals surface area (Å²) in [5.41, 5.74) is 3.13. The SMILES string of the molecule is CC(C)(C)c1cc2[nH]c(-c3ccc(NS(C)(=O)=O)cc3)nn2n1. The number of hydrogen-bond acceptors (Lipinski definition) is 4. The molecule has 0 amide bonds. The second-order valence-electron chi connectivity index (χ2n) is 6.58. The van der Waals surface area contributed by atoms with Gasteiger partial charge in [0, 0.05) is 22.7 Å². The quantitative estimate of drug-likeness (QED) is 0.770. The minimum Gasteiger partial charge on any atom is -0.321 e. The molecule has 2 N–H and O–H groups in total. The Hall–Kier alpha value is -2.35. The zero-order valence-electron chi connectivity index (χ0n) is 13.5. The van der Waals surface area contributed by atoms with Gasteiger partial charge in [-0.25, -0.2) is 8.42 Å². The summed E-state index contributed by atoms with van der Waals surface area (Å²) in [5, 5.41) is 8.91. The van der Waals surface area contributed by atoms with Crippen molar-refractivity contribution in [3.05, 3.63) is 36.0 Å². The van der Waals surface area contributed by atoms with E-state index in [1.54, 1.807) is 28.9 Å². The highest BCUT2D eigenvalue weighted by Gasteiger charge is 2.19. The van der Waals surface area contributed by atoms with Crippen LogP contribution in [0.1, 0.15) is 26.5 Å². The molecule has 0 saturated carbocycles. The number of H-pyrrole nitrogens is 1. The van der Waals surface area contributed by atoms with E-state index in [0.29, 0.717) is 11.5 Å². The third kappa shape index (κ3) is 3.37. The van der Waals surface area contributed by atoms with Gasteiger partial charge < -0.3 is 4.98 Å². The van der Waals surface area contributed by atoms with E-state index in [1.807, 2.05) is 6.07 Å². The molecule has 0 aliphatic heterocycles. The summed E-state index contributed by atoms with van der Waals surface area (Å²) in [6, 6.07) is 8.98. The lowest BCUT2D eigenvalue weighted by atomic mass is 9.93. The highest BCUT2D eigenvalue weighted by Crippen LogP contribution is 2.24. The van der Waals surface area contributed by atoms with Crippen LogP contribution in [0.2, 0.25) is 0 Å². The van der Waals surface area contributed by atoms with Crippen molar-refractivity contribution >= 4 is 21.4 Å². The van der Waals surface area contributed by atoms with Crippen LogP contribution < -0.4 is 4.72 Å². The van der Waals surface area contributed by atoms with E-state index in [2.05, 4.69) is 40.7 Å². The molecule has 0 atom stereocenters. The molecular weight excluding hydrogens is 314 g/mol. The highest BCUT2D eigenvalue weighted by molar-refractivity contribution is 7.92. The second-order valence-corrected chi connectivity index (χ2v) is 8.33. The molecule has 7 nitrogen and oxygen atoms in total. The molecule has 0 aliphatic carbocycles. The van der Waals surface area contributed by atoms with E-state index in [1.165, 1.54) is 0 Å². The van der Waals surface area contributed by atoms with Crippen LogP contribution in [0.25, 0.3) is 17.0 Å². The molecule has 3 aromatic rings. The lowest BCUT2D eigenvalue weighted by molar-refractivity contribution is 0.557. The molecule has 2 aromatic heterocycles. The number of hydrogen-bond donors (Lipinski definition) is 2. The Labute approximate surface area is 134 Å². The van der Waals surface area contributed by atoms with Crippen LogP contribution in [0.3, 0.4) is 0 Å². The summed E-state index contributed by atoms with van der Waals surface area (Å²) in [5.74, 6) is 0.680. The van der Waals surface area contributed by atoms with Crippen LogP contribution in [-0.2, 0) is 15.4 Å². The molecule has 23 heavy (non-hydrogen) atoms. The Morgan fingerprint density at radius 3 is 2.30 bits per heavy atom. The molecule has 1 aromatic carbocycles. The van der Waals surface area contributed by atoms with Crippen LogP contribution in [0.4, 0.5) is 5.69 Å². The first kappa shape index (κ1) is 15.5. The molecule has 0 bridgehead atoms. The molecule has 0 fully saturated rings. The van der Waals surface area contributed by atoms with Gasteiger partial charge in [0.05, 0.1) is 11.9 Å². The summed E-state index contributed by atoms with van der Waals surface area (Å²) >= 11 is 0. The summed E-state index contributed by atoms with van der Waals surface area (Å²) in [6.07, 6.45) is 1.12. The van der Waals surface area contributed by atoms with E-state index >= 15 is 0 Å². The lowest BCUT2D eigenvalue weighted by Gasteiger charge is -2.13. The predicted octanol–water partition coefficient (Wildman–Crippen LogP) is 2.39. The van der Waals surface area contributed by atoms with Crippen LogP contribution in [0.15, 0.2) is 30.3 Å². The van der Waals surface area contributed by atoms with E-state index in [4.69, 9.17) is 0 Å². The smallest absolute Gasteiger partial charge is 0.229 e. The van der Waals surface area contributed by atoms with Crippen molar-refractivity contribution in [2.45, 2.75) is 26.2 Å². The topological polar surface area (TPSA) is 92.1 Å². The molecule has 3 rings (SSSR count). The molecule has 0 radical (unpaired) electrons. The zero-order valence-corrected chi connectivity index (χ0v) is 14.3. The van der Waals surface area contributed by atoms with Crippen molar-refractivity contribution in [1.82, 2.24) is 19.8 Å². The Kier molecular flexibility index (Phi) is 3.44. The first-order chi connectivity index (χ1) is 10.6. The van der Waals surface area contributed by atoms with Crippen LogP contribution >= 0.6 is 0 Å². The summed E-state index contributed by atoms with van der Waals surface area (Å²) in [7, 11) is -3.27. The number of aromatic amines is 1. The van der Waals surface area contributed by atoms with Crippen molar-refractivity contribution in [2.75, 3.05) is 11.0 Å². The van der Waals surface area contributed by atoms with Crippen molar-refractivity contribution in [1.29, 1.82) is 0 Å². The summed E-state index contributed by atoms with van der Waals surface area (Å²) in [6.45, 7) is 6.30. The predicted molar refractivity (Wildman–Crippen MR) is 89.9 cm³/mol. The van der Waals surface area contributed by atoms with Gasteiger partial charge in [-0.1, -0.05) is 20.8 Å². The van der Waals surface area contributed by atoms with Gasteiger partial charge in [-0.05, 0) is 24.3 Å². The van der Waals surface area contributed by atoms with Gasteiger partial charge >= 0.3 is 0 Å². The fraction of sp³-hybridized carbons (Fsp3) is 0.333. The average Bonchev–Trinajstić information content (AvgIpc) is 2.95. The molecule has 0 unspecified atom stereocenters. The number of sulfonamides is 1. The Morgan fingerprint density at radius 2 is 1.78 bits per heavy atom. The van der Waals surface area contributed by atoms with Crippen LogP contribution in [-0.4, -0.2) is 34.5 Å². The van der Waals surface area contributed by atoms with E-state index < -0.39 is 10.0 Å². The molecule has 8 heteroatoms. The molecule has 0 spiro atoms. The number of benzene rings is 1. The molecule has 2 heterocycles. The molecular formula is C15H19N5O2S. The van der Waals surface area contributed by atoms with E-state index in [0.717, 1.165) is 23.2 Å². The fourth-order valence-electron chi connectivity index (χ4n) is 2.18. The van der Waals surface area contributed by atoms with Gasteiger partial charge in [-0.15, -0.1) is 9.73 Å². The Bertz CT molecular complexity index is 915. The van der Waals surface area contributed by atoms with Gasteiger partial charge in [-0.3, -0.25) is 4.72 Å². The van der Waals surface area contributed by atoms with Crippen molar-refractivity contribution in [3.63, 3.8) is 0 Å². The van der Waals surface area contributed by atoms with Crippen molar-refractivity contribution < 1.29 is 8.42 Å². The normalized spacial score (nSPS) is 12.7. The van der Waals surface area contributed by atoms with Crippen molar-refractivity contribution in [3.8, 4) is 11.4 Å². The summed E-state index contributed by atoms with van der Waals surface area (Å²) < 4.78 is 26.4. The van der Waals surface area contributed by atoms with Gasteiger partial charge in [0.25, 0.3) is 0 Å². The average molecular weight is 333 g/mol. The van der Waals surface area contributed by atoms with Crippen molar-refractivity contribution in [2.24, 2.45) is 0 Å². The number of rotatable bonds is 3. The first-order valence-corrected chi connectivity index (χ1v) is 9.06. The molecule has 0 saturated heterocycles. The third-order valence-corrected chi connectivity index (χ3v) is 3.97. The number of nitrogens with zero attached hydrogens (tertiary/aromatic N) is 3. The minimum atomic E-state index is -3.27. The largest absolute Gasteiger partial charge is 0.321 e. The van der Waals surface area contributed by atoms with Crippen LogP contribution in [0.5, 0.6) is 0 Å². The Balaban J connectivity index is 1.90. The molecule has 122 valence electrons. The lowest BCUT2D eigenvalue weighted by Crippen LogP contribution is -2.12. The number of aromatic nitrogens is 4. The Morgan fingerprint density at radius 1 is 1.13 bits per heavy atom. The highest BCUT2D eigenvalue weighted by atomic mass is 32.2. The maximum absolute atomic E-state index is 11.2. The van der Waals surface area contributed by atoms with E-state index in [-0.39, 0.29) is 5.41 Å². The fourth-order valence-corrected chi connectivity index (χ4v) is 2.75. The molecule has 0 aliphatic rings. The second kappa shape index (κ2) is 5.09. The number of fused-ring (bicyclic) bond motifs is 1. The third-order valence-electron chi connectivity index (χ3n) is 3.36. The van der Waals surface area contributed by atoms with E-state index in [9.17, 15) is 8.42 Å². The number of anilines is 1. The first-order valence-electron chi connectivity index (χ1n) is 7.17. The van der Waals surface area contributed by atoms with Crippen LogP contribution in [0, 0.1) is 0 Å². The zero-order chi connectivity index (χ0) is 16.8. The maximum atomic E-state index is 11.2. The monoisotopic (exact) mass is 333 g/mol. The van der Waals surface area contributed by atoms with Gasteiger partial charge in [-0.2, -0.15) is 5.10 Å². The number of nitrogens with one attached hydrogen (secondary N) is 2. The minimum absolute atomic E-state index is 0.0341. The summed E-state index contributed by atoms with van der Waals surface area (Å²) in [4.78, 5) is 3.22. The van der Waals surface area contributed by atoms with Gasteiger partial charge in [0.1, 0.15) is 0 Å². The van der Waals surface area contributed by atoms with Gasteiger partial charge in [0.2, 0.25) is 10.0 Å².